The first kappa shape index (κ1) is 11.9. The lowest BCUT2D eigenvalue weighted by Gasteiger charge is -2.27. The van der Waals surface area contributed by atoms with E-state index >= 15 is 0 Å². The maximum atomic E-state index is 5.78. The first-order valence-electron chi connectivity index (χ1n) is 5.41. The zero-order valence-corrected chi connectivity index (χ0v) is 10.8. The highest BCUT2D eigenvalue weighted by molar-refractivity contribution is 6.31. The standard InChI is InChI=1S/C10H14Cl2N4/c1-6(2)7-4-3-5-16(7)10-14-8(11)13-9(12)15-10/h6-7H,3-5H2,1-2H3. The van der Waals surface area contributed by atoms with Crippen LogP contribution in [0.15, 0.2) is 0 Å². The Morgan fingerprint density at radius 1 is 1.19 bits per heavy atom. The fraction of sp³-hybridized carbons (Fsp3) is 0.700. The molecule has 16 heavy (non-hydrogen) atoms. The van der Waals surface area contributed by atoms with Crippen molar-refractivity contribution in [1.29, 1.82) is 0 Å². The van der Waals surface area contributed by atoms with Gasteiger partial charge in [0.05, 0.1) is 0 Å². The Bertz CT molecular complexity index is 363. The van der Waals surface area contributed by atoms with Gasteiger partial charge in [0, 0.05) is 12.6 Å². The molecule has 1 atom stereocenters. The van der Waals surface area contributed by atoms with E-state index in [9.17, 15) is 0 Å². The van der Waals surface area contributed by atoms with Gasteiger partial charge in [0.1, 0.15) is 0 Å². The molecule has 6 heteroatoms. The Hall–Kier alpha value is -0.610. The van der Waals surface area contributed by atoms with Gasteiger partial charge >= 0.3 is 0 Å². The van der Waals surface area contributed by atoms with E-state index in [0.29, 0.717) is 17.9 Å². The molecule has 4 nitrogen and oxygen atoms in total. The number of rotatable bonds is 2. The van der Waals surface area contributed by atoms with Gasteiger partial charge in [0.25, 0.3) is 0 Å². The van der Waals surface area contributed by atoms with Crippen molar-refractivity contribution in [2.24, 2.45) is 5.92 Å². The molecular weight excluding hydrogens is 247 g/mol. The van der Waals surface area contributed by atoms with Crippen LogP contribution in [0.5, 0.6) is 0 Å². The smallest absolute Gasteiger partial charge is 0.231 e. The minimum atomic E-state index is 0.157. The molecule has 1 aromatic rings. The fourth-order valence-corrected chi connectivity index (χ4v) is 2.53. The Labute approximate surface area is 105 Å². The molecule has 2 rings (SSSR count). The second kappa shape index (κ2) is 4.72. The average Bonchev–Trinajstić information content (AvgIpc) is 2.63. The van der Waals surface area contributed by atoms with Crippen LogP contribution in [-0.2, 0) is 0 Å². The number of hydrogen-bond acceptors (Lipinski definition) is 4. The zero-order chi connectivity index (χ0) is 11.7. The van der Waals surface area contributed by atoms with E-state index in [4.69, 9.17) is 23.2 Å². The number of anilines is 1. The molecule has 0 saturated carbocycles. The highest BCUT2D eigenvalue weighted by Gasteiger charge is 2.29. The van der Waals surface area contributed by atoms with Crippen LogP contribution in [0.25, 0.3) is 0 Å². The van der Waals surface area contributed by atoms with Gasteiger partial charge in [-0.15, -0.1) is 0 Å². The van der Waals surface area contributed by atoms with E-state index in [1.165, 1.54) is 6.42 Å². The van der Waals surface area contributed by atoms with Crippen LogP contribution >= 0.6 is 23.2 Å². The largest absolute Gasteiger partial charge is 0.337 e. The predicted octanol–water partition coefficient (Wildman–Crippen LogP) is 2.80. The van der Waals surface area contributed by atoms with Crippen molar-refractivity contribution in [1.82, 2.24) is 15.0 Å². The van der Waals surface area contributed by atoms with Crippen molar-refractivity contribution in [2.45, 2.75) is 32.7 Å². The third-order valence-electron chi connectivity index (χ3n) is 2.89. The molecule has 1 saturated heterocycles. The highest BCUT2D eigenvalue weighted by Crippen LogP contribution is 2.28. The third kappa shape index (κ3) is 2.38. The second-order valence-corrected chi connectivity index (χ2v) is 5.00. The van der Waals surface area contributed by atoms with E-state index in [1.54, 1.807) is 0 Å². The Kier molecular flexibility index (Phi) is 3.50. The van der Waals surface area contributed by atoms with Crippen LogP contribution in [0.1, 0.15) is 26.7 Å². The zero-order valence-electron chi connectivity index (χ0n) is 9.32. The minimum absolute atomic E-state index is 0.157. The van der Waals surface area contributed by atoms with Crippen LogP contribution < -0.4 is 4.90 Å². The summed E-state index contributed by atoms with van der Waals surface area (Å²) in [5.74, 6) is 1.16. The summed E-state index contributed by atoms with van der Waals surface area (Å²) in [4.78, 5) is 14.2. The van der Waals surface area contributed by atoms with Crippen molar-refractivity contribution in [3.63, 3.8) is 0 Å². The molecule has 0 aromatic carbocycles. The van der Waals surface area contributed by atoms with E-state index < -0.39 is 0 Å². The predicted molar refractivity (Wildman–Crippen MR) is 65.1 cm³/mol. The number of hydrogen-bond donors (Lipinski definition) is 0. The van der Waals surface area contributed by atoms with Gasteiger partial charge in [-0.2, -0.15) is 15.0 Å². The molecule has 0 bridgehead atoms. The monoisotopic (exact) mass is 260 g/mol. The molecule has 0 amide bonds. The molecule has 1 aromatic heterocycles. The molecule has 88 valence electrons. The van der Waals surface area contributed by atoms with Crippen LogP contribution in [0, 0.1) is 5.92 Å². The van der Waals surface area contributed by atoms with Gasteiger partial charge in [-0.3, -0.25) is 0 Å². The van der Waals surface area contributed by atoms with Crippen LogP contribution in [0.2, 0.25) is 10.6 Å². The van der Waals surface area contributed by atoms with E-state index in [1.807, 2.05) is 0 Å². The third-order valence-corrected chi connectivity index (χ3v) is 3.23. The molecule has 0 N–H and O–H groups in total. The summed E-state index contributed by atoms with van der Waals surface area (Å²) in [6.45, 7) is 5.36. The van der Waals surface area contributed by atoms with Crippen molar-refractivity contribution in [3.05, 3.63) is 10.6 Å². The first-order chi connectivity index (χ1) is 7.58. The van der Waals surface area contributed by atoms with Crippen molar-refractivity contribution in [2.75, 3.05) is 11.4 Å². The Balaban J connectivity index is 2.29. The number of nitrogens with zero attached hydrogens (tertiary/aromatic N) is 4. The summed E-state index contributed by atoms with van der Waals surface area (Å²) < 4.78 is 0. The van der Waals surface area contributed by atoms with E-state index in [0.717, 1.165) is 13.0 Å². The van der Waals surface area contributed by atoms with Crippen LogP contribution in [-0.4, -0.2) is 27.5 Å². The topological polar surface area (TPSA) is 41.9 Å². The van der Waals surface area contributed by atoms with Crippen molar-refractivity contribution >= 4 is 29.2 Å². The molecule has 0 spiro atoms. The molecular formula is C10H14Cl2N4. The summed E-state index contributed by atoms with van der Waals surface area (Å²) in [6.07, 6.45) is 2.32. The normalized spacial score (nSPS) is 20.8. The lowest BCUT2D eigenvalue weighted by molar-refractivity contribution is 0.486. The van der Waals surface area contributed by atoms with E-state index in [-0.39, 0.29) is 10.6 Å². The summed E-state index contributed by atoms with van der Waals surface area (Å²) in [5, 5.41) is 0.314. The highest BCUT2D eigenvalue weighted by atomic mass is 35.5. The molecule has 1 aliphatic heterocycles. The summed E-state index contributed by atoms with van der Waals surface area (Å²) in [7, 11) is 0. The molecule has 0 radical (unpaired) electrons. The molecule has 2 heterocycles. The van der Waals surface area contributed by atoms with E-state index in [2.05, 4.69) is 33.7 Å². The van der Waals surface area contributed by atoms with Crippen LogP contribution in [0.4, 0.5) is 5.95 Å². The Morgan fingerprint density at radius 3 is 2.38 bits per heavy atom. The minimum Gasteiger partial charge on any atom is -0.337 e. The molecule has 1 aliphatic rings. The van der Waals surface area contributed by atoms with Gasteiger partial charge in [0.15, 0.2) is 0 Å². The van der Waals surface area contributed by atoms with Gasteiger partial charge in [-0.05, 0) is 42.0 Å². The molecule has 1 unspecified atom stereocenters. The van der Waals surface area contributed by atoms with Gasteiger partial charge in [-0.1, -0.05) is 13.8 Å². The summed E-state index contributed by atoms with van der Waals surface area (Å²) in [6, 6.07) is 0.467. The quantitative estimate of drug-likeness (QED) is 0.820. The van der Waals surface area contributed by atoms with Gasteiger partial charge in [-0.25, -0.2) is 0 Å². The van der Waals surface area contributed by atoms with Crippen molar-refractivity contribution < 1.29 is 0 Å². The number of aromatic nitrogens is 3. The molecule has 0 aliphatic carbocycles. The maximum absolute atomic E-state index is 5.78. The number of halogens is 2. The maximum Gasteiger partial charge on any atom is 0.231 e. The summed E-state index contributed by atoms with van der Waals surface area (Å²) in [5.41, 5.74) is 0. The van der Waals surface area contributed by atoms with Gasteiger partial charge < -0.3 is 4.90 Å². The Morgan fingerprint density at radius 2 is 1.81 bits per heavy atom. The summed E-state index contributed by atoms with van der Waals surface area (Å²) >= 11 is 11.6. The van der Waals surface area contributed by atoms with Gasteiger partial charge in [0.2, 0.25) is 16.5 Å². The van der Waals surface area contributed by atoms with Crippen LogP contribution in [0.3, 0.4) is 0 Å². The SMILES string of the molecule is CC(C)C1CCCN1c1nc(Cl)nc(Cl)n1. The fourth-order valence-electron chi connectivity index (χ4n) is 2.18. The second-order valence-electron chi connectivity index (χ2n) is 4.32. The van der Waals surface area contributed by atoms with Crippen molar-refractivity contribution in [3.8, 4) is 0 Å². The lowest BCUT2D eigenvalue weighted by atomic mass is 10.0. The molecule has 1 fully saturated rings. The lowest BCUT2D eigenvalue weighted by Crippen LogP contribution is -2.34. The average molecular weight is 261 g/mol. The first-order valence-corrected chi connectivity index (χ1v) is 6.17.